The zero-order chi connectivity index (χ0) is 18.4. The van der Waals surface area contributed by atoms with Crippen LogP contribution in [0.4, 0.5) is 0 Å². The summed E-state index contributed by atoms with van der Waals surface area (Å²) in [6.45, 7) is 4.15. The first kappa shape index (κ1) is 18.8. The van der Waals surface area contributed by atoms with E-state index in [9.17, 15) is 15.0 Å². The largest absolute Gasteiger partial charge is 0.507 e. The average molecular weight is 407 g/mol. The first-order valence-corrected chi connectivity index (χ1v) is 8.46. The molecular weight excluding hydrogens is 388 g/mol. The lowest BCUT2D eigenvalue weighted by Gasteiger charge is -2.07. The van der Waals surface area contributed by atoms with E-state index in [0.29, 0.717) is 22.4 Å². The number of hydrogen-bond acceptors (Lipinski definition) is 5. The van der Waals surface area contributed by atoms with Crippen molar-refractivity contribution < 1.29 is 19.7 Å². The quantitative estimate of drug-likeness (QED) is 0.506. The molecule has 132 valence electrons. The zero-order valence-corrected chi connectivity index (χ0v) is 15.5. The monoisotopic (exact) mass is 406 g/mol. The molecule has 2 aromatic rings. The van der Waals surface area contributed by atoms with Crippen molar-refractivity contribution in [2.24, 2.45) is 5.10 Å². The molecular formula is C18H19BrN2O4. The number of carbonyl (C=O) groups is 1. The molecule has 0 spiro atoms. The number of nitrogens with zero attached hydrogens (tertiary/aromatic N) is 1. The van der Waals surface area contributed by atoms with Crippen molar-refractivity contribution in [1.29, 1.82) is 0 Å². The molecule has 7 heteroatoms. The number of amides is 1. The molecule has 6 nitrogen and oxygen atoms in total. The van der Waals surface area contributed by atoms with Gasteiger partial charge in [-0.2, -0.15) is 5.10 Å². The number of carbonyl (C=O) groups excluding carboxylic acids is 1. The zero-order valence-electron chi connectivity index (χ0n) is 13.9. The van der Waals surface area contributed by atoms with Gasteiger partial charge in [0, 0.05) is 11.6 Å². The summed E-state index contributed by atoms with van der Waals surface area (Å²) in [7, 11) is 0. The van der Waals surface area contributed by atoms with E-state index in [4.69, 9.17) is 4.74 Å². The first-order valence-electron chi connectivity index (χ1n) is 7.67. The van der Waals surface area contributed by atoms with Crippen LogP contribution in [0.15, 0.2) is 46.0 Å². The lowest BCUT2D eigenvalue weighted by atomic mass is 10.1. The molecule has 3 N–H and O–H groups in total. The van der Waals surface area contributed by atoms with E-state index >= 15 is 0 Å². The number of phenols is 2. The molecule has 0 saturated carbocycles. The van der Waals surface area contributed by atoms with Crippen molar-refractivity contribution >= 4 is 27.5 Å². The molecule has 1 amide bonds. The molecule has 0 bridgehead atoms. The van der Waals surface area contributed by atoms with E-state index in [1.807, 2.05) is 31.2 Å². The molecule has 0 aliphatic rings. The van der Waals surface area contributed by atoms with Crippen LogP contribution < -0.4 is 10.2 Å². The Kier molecular flexibility index (Phi) is 6.41. The smallest absolute Gasteiger partial charge is 0.244 e. The summed E-state index contributed by atoms with van der Waals surface area (Å²) < 4.78 is 5.78. The summed E-state index contributed by atoms with van der Waals surface area (Å²) in [5, 5.41) is 23.4. The molecule has 0 aliphatic heterocycles. The maximum absolute atomic E-state index is 12.0. The Morgan fingerprint density at radius 2 is 1.88 bits per heavy atom. The molecule has 0 heterocycles. The highest BCUT2D eigenvalue weighted by Crippen LogP contribution is 2.31. The fourth-order valence-corrected chi connectivity index (χ4v) is 2.49. The molecule has 0 atom stereocenters. The number of hydrogen-bond donors (Lipinski definition) is 3. The van der Waals surface area contributed by atoms with Gasteiger partial charge in [0.15, 0.2) is 0 Å². The molecule has 0 fully saturated rings. The van der Waals surface area contributed by atoms with Crippen LogP contribution in [0, 0.1) is 0 Å². The van der Waals surface area contributed by atoms with E-state index in [1.165, 1.54) is 12.1 Å². The number of benzene rings is 2. The summed E-state index contributed by atoms with van der Waals surface area (Å²) in [6.07, 6.45) is 0.175. The Morgan fingerprint density at radius 3 is 2.52 bits per heavy atom. The maximum Gasteiger partial charge on any atom is 0.244 e. The van der Waals surface area contributed by atoms with Crippen LogP contribution >= 0.6 is 15.9 Å². The molecule has 0 radical (unpaired) electrons. The Morgan fingerprint density at radius 1 is 1.20 bits per heavy atom. The van der Waals surface area contributed by atoms with Gasteiger partial charge in [0.1, 0.15) is 17.2 Å². The van der Waals surface area contributed by atoms with Crippen molar-refractivity contribution in [2.75, 3.05) is 6.61 Å². The van der Waals surface area contributed by atoms with Crippen LogP contribution in [-0.4, -0.2) is 28.4 Å². The van der Waals surface area contributed by atoms with Crippen LogP contribution in [0.2, 0.25) is 0 Å². The Bertz CT molecular complexity index is 788. The second-order valence-electron chi connectivity index (χ2n) is 5.31. The van der Waals surface area contributed by atoms with Crippen LogP contribution in [-0.2, 0) is 11.2 Å². The number of nitrogens with one attached hydrogen (secondary N) is 1. The number of aromatic hydroxyl groups is 2. The van der Waals surface area contributed by atoms with Gasteiger partial charge in [-0.15, -0.1) is 0 Å². The summed E-state index contributed by atoms with van der Waals surface area (Å²) in [6, 6.07) is 10.0. The predicted octanol–water partition coefficient (Wildman–Crippen LogP) is 3.34. The van der Waals surface area contributed by atoms with Crippen molar-refractivity contribution in [1.82, 2.24) is 5.43 Å². The number of ether oxygens (including phenoxy) is 1. The molecule has 0 aliphatic carbocycles. The van der Waals surface area contributed by atoms with Crippen molar-refractivity contribution in [2.45, 2.75) is 20.3 Å². The fraction of sp³-hybridized carbons (Fsp3) is 0.222. The number of phenolic OH excluding ortho intramolecular Hbond substituents is 2. The van der Waals surface area contributed by atoms with Gasteiger partial charge in [-0.3, -0.25) is 4.79 Å². The van der Waals surface area contributed by atoms with Gasteiger partial charge in [0.2, 0.25) is 5.91 Å². The Labute approximate surface area is 154 Å². The van der Waals surface area contributed by atoms with E-state index in [0.717, 1.165) is 11.3 Å². The molecule has 0 saturated heterocycles. The standard InChI is InChI=1S/C18H19BrN2O4/c1-3-25-13-6-4-12(5-7-13)8-18(24)21-20-11(2)14-9-15(19)17(23)10-16(14)22/h4-7,9-10,22-23H,3,8H2,1-2H3,(H,21,24)/b20-11-. The van der Waals surface area contributed by atoms with Gasteiger partial charge in [0.25, 0.3) is 0 Å². The highest BCUT2D eigenvalue weighted by atomic mass is 79.9. The average Bonchev–Trinajstić information content (AvgIpc) is 2.58. The second kappa shape index (κ2) is 8.53. The number of rotatable bonds is 6. The Hall–Kier alpha value is -2.54. The minimum atomic E-state index is -0.277. The maximum atomic E-state index is 12.0. The minimum absolute atomic E-state index is 0.0754. The third-order valence-electron chi connectivity index (χ3n) is 3.40. The topological polar surface area (TPSA) is 91.2 Å². The highest BCUT2D eigenvalue weighted by Gasteiger charge is 2.10. The van der Waals surface area contributed by atoms with Gasteiger partial charge in [0.05, 0.1) is 23.2 Å². The Balaban J connectivity index is 2.00. The third-order valence-corrected chi connectivity index (χ3v) is 4.04. The summed E-state index contributed by atoms with van der Waals surface area (Å²) in [4.78, 5) is 12.0. The summed E-state index contributed by atoms with van der Waals surface area (Å²) in [5.74, 6) is 0.283. The fourth-order valence-electron chi connectivity index (χ4n) is 2.14. The molecule has 2 rings (SSSR count). The van der Waals surface area contributed by atoms with E-state index in [1.54, 1.807) is 6.92 Å². The molecule has 25 heavy (non-hydrogen) atoms. The minimum Gasteiger partial charge on any atom is -0.507 e. The lowest BCUT2D eigenvalue weighted by Crippen LogP contribution is -2.21. The van der Waals surface area contributed by atoms with Crippen LogP contribution in [0.5, 0.6) is 17.2 Å². The van der Waals surface area contributed by atoms with Crippen molar-refractivity contribution in [3.63, 3.8) is 0 Å². The molecule has 0 aromatic heterocycles. The SMILES string of the molecule is CCOc1ccc(CC(=O)N/N=C(/C)c2cc(Br)c(O)cc2O)cc1. The molecule has 0 unspecified atom stereocenters. The number of hydrazone groups is 1. The summed E-state index contributed by atoms with van der Waals surface area (Å²) >= 11 is 3.18. The summed E-state index contributed by atoms with van der Waals surface area (Å²) in [5.41, 5.74) is 4.12. The molecule has 2 aromatic carbocycles. The van der Waals surface area contributed by atoms with E-state index in [2.05, 4.69) is 26.5 Å². The van der Waals surface area contributed by atoms with Gasteiger partial charge in [-0.1, -0.05) is 12.1 Å². The van der Waals surface area contributed by atoms with Gasteiger partial charge < -0.3 is 14.9 Å². The van der Waals surface area contributed by atoms with Crippen LogP contribution in [0.3, 0.4) is 0 Å². The van der Waals surface area contributed by atoms with Gasteiger partial charge in [-0.05, 0) is 53.5 Å². The first-order chi connectivity index (χ1) is 11.9. The van der Waals surface area contributed by atoms with Crippen LogP contribution in [0.1, 0.15) is 25.0 Å². The lowest BCUT2D eigenvalue weighted by molar-refractivity contribution is -0.120. The van der Waals surface area contributed by atoms with Crippen LogP contribution in [0.25, 0.3) is 0 Å². The van der Waals surface area contributed by atoms with E-state index < -0.39 is 0 Å². The number of halogens is 1. The third kappa shape index (κ3) is 5.22. The van der Waals surface area contributed by atoms with Crippen molar-refractivity contribution in [3.05, 3.63) is 52.0 Å². The van der Waals surface area contributed by atoms with Gasteiger partial charge in [-0.25, -0.2) is 5.43 Å². The predicted molar refractivity (Wildman–Crippen MR) is 99.1 cm³/mol. The van der Waals surface area contributed by atoms with Gasteiger partial charge >= 0.3 is 0 Å². The van der Waals surface area contributed by atoms with E-state index in [-0.39, 0.29) is 23.8 Å². The normalized spacial score (nSPS) is 11.2. The van der Waals surface area contributed by atoms with Crippen molar-refractivity contribution in [3.8, 4) is 17.2 Å². The second-order valence-corrected chi connectivity index (χ2v) is 6.16. The highest BCUT2D eigenvalue weighted by molar-refractivity contribution is 9.10.